The summed E-state index contributed by atoms with van der Waals surface area (Å²) in [5.74, 6) is -0.110. The van der Waals surface area contributed by atoms with Gasteiger partial charge in [0.25, 0.3) is 10.0 Å². The van der Waals surface area contributed by atoms with Crippen LogP contribution in [-0.4, -0.2) is 62.7 Å². The zero-order chi connectivity index (χ0) is 36.0. The molecule has 0 spiro atoms. The molecule has 6 rings (SSSR count). The molecule has 0 aliphatic carbocycles. The largest absolute Gasteiger partial charge is 0.444 e. The van der Waals surface area contributed by atoms with E-state index in [1.54, 1.807) is 81.0 Å². The number of carbonyl (C=O) groups is 1. The zero-order valence-electron chi connectivity index (χ0n) is 27.7. The Morgan fingerprint density at radius 2 is 1.80 bits per heavy atom. The van der Waals surface area contributed by atoms with E-state index in [4.69, 9.17) is 4.74 Å². The third-order valence-electron chi connectivity index (χ3n) is 8.28. The van der Waals surface area contributed by atoms with Gasteiger partial charge in [0.2, 0.25) is 5.95 Å². The fourth-order valence-corrected chi connectivity index (χ4v) is 7.32. The average Bonchev–Trinajstić information content (AvgIpc) is 3.64. The number of rotatable bonds is 6. The lowest BCUT2D eigenvalue weighted by Crippen LogP contribution is -2.47. The third-order valence-corrected chi connectivity index (χ3v) is 9.97. The molecule has 50 heavy (non-hydrogen) atoms. The maximum absolute atomic E-state index is 14.6. The SMILES string of the molecule is Cn1cc(-c2ccc3c(-c4nc(NC5CCCN(C(=O)OC(C)(C)C)C5)ncc4C(F)(F)F)cn(S(=O)(=O)c4ccccc4)c3c2)cc1C#N. The molecule has 1 aliphatic rings. The van der Waals surface area contributed by atoms with Crippen LogP contribution in [0, 0.1) is 11.3 Å². The van der Waals surface area contributed by atoms with E-state index in [1.807, 2.05) is 0 Å². The summed E-state index contributed by atoms with van der Waals surface area (Å²) in [6.45, 7) is 5.97. The van der Waals surface area contributed by atoms with Crippen molar-refractivity contribution in [3.8, 4) is 28.5 Å². The van der Waals surface area contributed by atoms with Gasteiger partial charge in [0.15, 0.2) is 0 Å². The lowest BCUT2D eigenvalue weighted by Gasteiger charge is -2.34. The smallest absolute Gasteiger partial charge is 0.419 e. The lowest BCUT2D eigenvalue weighted by molar-refractivity contribution is -0.137. The van der Waals surface area contributed by atoms with Crippen LogP contribution in [0.5, 0.6) is 0 Å². The predicted molar refractivity (Wildman–Crippen MR) is 181 cm³/mol. The van der Waals surface area contributed by atoms with Crippen molar-refractivity contribution in [1.82, 2.24) is 23.4 Å². The van der Waals surface area contributed by atoms with Crippen molar-refractivity contribution in [2.75, 3.05) is 18.4 Å². The van der Waals surface area contributed by atoms with Crippen LogP contribution in [0.15, 0.2) is 78.1 Å². The van der Waals surface area contributed by atoms with Crippen LogP contribution in [0.2, 0.25) is 0 Å². The number of piperidine rings is 1. The Bertz CT molecular complexity index is 2230. The first kappa shape index (κ1) is 34.5. The van der Waals surface area contributed by atoms with E-state index in [1.165, 1.54) is 17.0 Å². The fourth-order valence-electron chi connectivity index (χ4n) is 5.94. The van der Waals surface area contributed by atoms with Gasteiger partial charge in [0.05, 0.1) is 16.1 Å². The maximum atomic E-state index is 14.6. The normalized spacial score (nSPS) is 15.6. The summed E-state index contributed by atoms with van der Waals surface area (Å²) in [6, 6.07) is 15.7. The van der Waals surface area contributed by atoms with Gasteiger partial charge < -0.3 is 19.5 Å². The van der Waals surface area contributed by atoms with Crippen LogP contribution in [-0.2, 0) is 28.0 Å². The van der Waals surface area contributed by atoms with Crippen molar-refractivity contribution in [1.29, 1.82) is 5.26 Å². The van der Waals surface area contributed by atoms with E-state index in [9.17, 15) is 31.6 Å². The second kappa shape index (κ2) is 12.8. The second-order valence-corrected chi connectivity index (χ2v) is 14.9. The molecule has 15 heteroatoms. The Balaban J connectivity index is 1.47. The first-order valence-electron chi connectivity index (χ1n) is 15.8. The van der Waals surface area contributed by atoms with E-state index < -0.39 is 39.2 Å². The Labute approximate surface area is 287 Å². The summed E-state index contributed by atoms with van der Waals surface area (Å²) in [4.78, 5) is 22.5. The first-order valence-corrected chi connectivity index (χ1v) is 17.2. The lowest BCUT2D eigenvalue weighted by atomic mass is 10.0. The molecule has 1 unspecified atom stereocenters. The molecule has 4 heterocycles. The number of hydrogen-bond acceptors (Lipinski definition) is 8. The van der Waals surface area contributed by atoms with E-state index in [2.05, 4.69) is 21.4 Å². The molecule has 0 saturated carbocycles. The number of alkyl halides is 3. The number of fused-ring (bicyclic) bond motifs is 1. The van der Waals surface area contributed by atoms with Gasteiger partial charge in [-0.25, -0.2) is 27.2 Å². The summed E-state index contributed by atoms with van der Waals surface area (Å²) >= 11 is 0. The molecule has 1 N–H and O–H groups in total. The highest BCUT2D eigenvalue weighted by Crippen LogP contribution is 2.41. The summed E-state index contributed by atoms with van der Waals surface area (Å²) < 4.78 is 79.8. The van der Waals surface area contributed by atoms with Crippen molar-refractivity contribution < 1.29 is 31.1 Å². The number of aromatic nitrogens is 4. The topological polar surface area (TPSA) is 135 Å². The third kappa shape index (κ3) is 6.88. The van der Waals surface area contributed by atoms with Crippen LogP contribution in [0.1, 0.15) is 44.9 Å². The van der Waals surface area contributed by atoms with Crippen molar-refractivity contribution in [3.63, 3.8) is 0 Å². The molecule has 1 fully saturated rings. The summed E-state index contributed by atoms with van der Waals surface area (Å²) in [6.07, 6.45) is -0.623. The number of carbonyl (C=O) groups excluding carboxylic acids is 1. The molecule has 0 bridgehead atoms. The minimum Gasteiger partial charge on any atom is -0.444 e. The minimum absolute atomic E-state index is 0.0618. The number of halogens is 3. The van der Waals surface area contributed by atoms with E-state index in [0.29, 0.717) is 42.4 Å². The highest BCUT2D eigenvalue weighted by molar-refractivity contribution is 7.90. The molecular weight excluding hydrogens is 671 g/mol. The number of hydrogen-bond donors (Lipinski definition) is 1. The highest BCUT2D eigenvalue weighted by Gasteiger charge is 2.37. The van der Waals surface area contributed by atoms with Gasteiger partial charge in [-0.1, -0.05) is 30.3 Å². The van der Waals surface area contributed by atoms with Crippen molar-refractivity contribution in [3.05, 3.63) is 84.4 Å². The number of ether oxygens (including phenoxy) is 1. The molecule has 2 aromatic carbocycles. The molecule has 11 nitrogen and oxygen atoms in total. The van der Waals surface area contributed by atoms with Crippen molar-refractivity contribution >= 4 is 33.0 Å². The Morgan fingerprint density at radius 3 is 2.46 bits per heavy atom. The molecule has 3 aromatic heterocycles. The van der Waals surface area contributed by atoms with E-state index >= 15 is 0 Å². The number of anilines is 1. The van der Waals surface area contributed by atoms with Crippen LogP contribution in [0.25, 0.3) is 33.3 Å². The second-order valence-electron chi connectivity index (χ2n) is 13.1. The molecular formula is C35H34F3N7O4S. The van der Waals surface area contributed by atoms with Gasteiger partial charge in [-0.2, -0.15) is 18.4 Å². The summed E-state index contributed by atoms with van der Waals surface area (Å²) in [5, 5.41) is 12.7. The minimum atomic E-state index is -4.88. The number of benzene rings is 2. The zero-order valence-corrected chi connectivity index (χ0v) is 28.5. The Morgan fingerprint density at radius 1 is 1.06 bits per heavy atom. The number of aryl methyl sites for hydroxylation is 1. The van der Waals surface area contributed by atoms with Crippen LogP contribution in [0.4, 0.5) is 23.9 Å². The van der Waals surface area contributed by atoms with Crippen molar-refractivity contribution in [2.24, 2.45) is 7.05 Å². The monoisotopic (exact) mass is 705 g/mol. The Kier molecular flexibility index (Phi) is 8.85. The predicted octanol–water partition coefficient (Wildman–Crippen LogP) is 7.04. The van der Waals surface area contributed by atoms with Crippen LogP contribution < -0.4 is 5.32 Å². The van der Waals surface area contributed by atoms with E-state index in [0.717, 1.165) is 10.2 Å². The van der Waals surface area contributed by atoms with Gasteiger partial charge in [0.1, 0.15) is 22.9 Å². The van der Waals surface area contributed by atoms with Crippen molar-refractivity contribution in [2.45, 2.75) is 56.3 Å². The van der Waals surface area contributed by atoms with Gasteiger partial charge in [0, 0.05) is 61.3 Å². The van der Waals surface area contributed by atoms with Crippen LogP contribution in [0.3, 0.4) is 0 Å². The van der Waals surface area contributed by atoms with Crippen LogP contribution >= 0.6 is 0 Å². The first-order chi connectivity index (χ1) is 23.5. The fraction of sp³-hybridized carbons (Fsp3) is 0.314. The quantitative estimate of drug-likeness (QED) is 0.199. The van der Waals surface area contributed by atoms with Gasteiger partial charge in [-0.15, -0.1) is 0 Å². The molecule has 0 radical (unpaired) electrons. The summed E-state index contributed by atoms with van der Waals surface area (Å²) in [5.41, 5.74) is -0.774. The number of nitriles is 1. The average molecular weight is 706 g/mol. The van der Waals surface area contributed by atoms with Gasteiger partial charge in [-0.05, 0) is 63.4 Å². The maximum Gasteiger partial charge on any atom is 0.419 e. The molecule has 1 atom stereocenters. The molecule has 5 aromatic rings. The van der Waals surface area contributed by atoms with Gasteiger partial charge in [-0.3, -0.25) is 0 Å². The molecule has 1 amide bonds. The van der Waals surface area contributed by atoms with E-state index in [-0.39, 0.29) is 39.9 Å². The Hall–Kier alpha value is -5.36. The number of likely N-dealkylation sites (tertiary alicyclic amines) is 1. The number of nitrogens with one attached hydrogen (secondary N) is 1. The molecule has 260 valence electrons. The standard InChI is InChI=1S/C35H34F3N7O4S/c1-34(2,3)49-33(46)44-14-8-9-24(20-44)41-32-40-18-29(35(36,37)38)31(42-32)28-21-45(50(47,48)26-10-6-5-7-11-26)30-16-22(12-13-27(28)30)23-15-25(17-39)43(4)19-23/h5-7,10-13,15-16,18-19,21,24H,8-9,14,20H2,1-4H3,(H,40,41,42). The summed E-state index contributed by atoms with van der Waals surface area (Å²) in [7, 11) is -2.60. The molecule has 1 aliphatic heterocycles. The molecule has 1 saturated heterocycles. The highest BCUT2D eigenvalue weighted by atomic mass is 32.2. The van der Waals surface area contributed by atoms with Gasteiger partial charge >= 0.3 is 12.3 Å². The number of amides is 1. The number of nitrogens with zero attached hydrogens (tertiary/aromatic N) is 6.